The molecule has 60 valence electrons. The number of aromatic nitrogens is 2. The first-order valence-electron chi connectivity index (χ1n) is 2.95. The van der Waals surface area contributed by atoms with Crippen molar-refractivity contribution in [2.45, 2.75) is 6.54 Å². The molecule has 0 aliphatic heterocycles. The van der Waals surface area contributed by atoms with E-state index in [1.807, 2.05) is 0 Å². The van der Waals surface area contributed by atoms with Gasteiger partial charge in [-0.15, -0.1) is 0 Å². The minimum Gasteiger partial charge on any atom is -0.358 e. The highest BCUT2D eigenvalue weighted by Gasteiger charge is 2.02. The first-order chi connectivity index (χ1) is 5.24. The molecule has 0 spiro atoms. The Morgan fingerprint density at radius 1 is 1.91 bits per heavy atom. The first-order valence-corrected chi connectivity index (χ1v) is 3.83. The molecule has 11 heavy (non-hydrogen) atoms. The summed E-state index contributed by atoms with van der Waals surface area (Å²) in [7, 11) is 1.51. The van der Waals surface area contributed by atoms with E-state index in [4.69, 9.17) is 0 Å². The Morgan fingerprint density at radius 3 is 3.09 bits per heavy atom. The lowest BCUT2D eigenvalue weighted by Gasteiger charge is -1.96. The average molecular weight is 173 g/mol. The molecular formula is C5H7N3O2S. The van der Waals surface area contributed by atoms with Crippen LogP contribution in [0.1, 0.15) is 0 Å². The fourth-order valence-electron chi connectivity index (χ4n) is 0.554. The molecule has 1 aromatic rings. The maximum Gasteiger partial charge on any atom is 0.325 e. The van der Waals surface area contributed by atoms with Crippen LogP contribution in [0, 0.1) is 0 Å². The number of amides is 1. The van der Waals surface area contributed by atoms with E-state index in [2.05, 4.69) is 10.4 Å². The molecule has 0 radical (unpaired) electrons. The average Bonchev–Trinajstić information content (AvgIpc) is 2.37. The number of hydrogen-bond donors (Lipinski definition) is 1. The van der Waals surface area contributed by atoms with Crippen molar-refractivity contribution in [3.8, 4) is 0 Å². The normalized spacial score (nSPS) is 9.55. The standard InChI is InChI=1S/C5H7N3O2S/c1-6-4(9)2-8-5(10)11-3-7-8/h3H,2H2,1H3,(H,6,9). The van der Waals surface area contributed by atoms with Crippen LogP contribution in [0.5, 0.6) is 0 Å². The van der Waals surface area contributed by atoms with E-state index in [-0.39, 0.29) is 17.3 Å². The van der Waals surface area contributed by atoms with Crippen molar-refractivity contribution in [3.63, 3.8) is 0 Å². The third-order valence-corrected chi connectivity index (χ3v) is 1.74. The van der Waals surface area contributed by atoms with Gasteiger partial charge in [-0.2, -0.15) is 5.10 Å². The first kappa shape index (κ1) is 7.93. The summed E-state index contributed by atoms with van der Waals surface area (Å²) in [5.41, 5.74) is 1.41. The lowest BCUT2D eigenvalue weighted by molar-refractivity contribution is -0.121. The lowest BCUT2D eigenvalue weighted by atomic mass is 10.6. The minimum atomic E-state index is -0.224. The van der Waals surface area contributed by atoms with Crippen molar-refractivity contribution in [2.75, 3.05) is 7.05 Å². The second-order valence-electron chi connectivity index (χ2n) is 1.84. The van der Waals surface area contributed by atoms with E-state index in [1.165, 1.54) is 12.6 Å². The van der Waals surface area contributed by atoms with Gasteiger partial charge in [0.2, 0.25) is 5.91 Å². The van der Waals surface area contributed by atoms with Gasteiger partial charge in [0.1, 0.15) is 12.1 Å². The Bertz CT molecular complexity index is 303. The van der Waals surface area contributed by atoms with E-state index < -0.39 is 0 Å². The molecule has 0 unspecified atom stereocenters. The molecule has 6 heteroatoms. The van der Waals surface area contributed by atoms with Crippen LogP contribution in [0.15, 0.2) is 10.3 Å². The molecule has 0 atom stereocenters. The fraction of sp³-hybridized carbons (Fsp3) is 0.400. The van der Waals surface area contributed by atoms with Gasteiger partial charge in [0, 0.05) is 7.05 Å². The Balaban J connectivity index is 2.72. The molecule has 0 bridgehead atoms. The van der Waals surface area contributed by atoms with Gasteiger partial charge in [0.15, 0.2) is 0 Å². The van der Waals surface area contributed by atoms with E-state index >= 15 is 0 Å². The summed E-state index contributed by atoms with van der Waals surface area (Å²) in [6.07, 6.45) is 0. The molecule has 5 nitrogen and oxygen atoms in total. The number of carbonyl (C=O) groups excluding carboxylic acids is 1. The largest absolute Gasteiger partial charge is 0.358 e. The lowest BCUT2D eigenvalue weighted by Crippen LogP contribution is -2.28. The summed E-state index contributed by atoms with van der Waals surface area (Å²) in [4.78, 5) is 21.3. The molecule has 0 saturated heterocycles. The van der Waals surface area contributed by atoms with Crippen LogP contribution in [0.4, 0.5) is 0 Å². The highest BCUT2D eigenvalue weighted by molar-refractivity contribution is 7.06. The molecule has 1 rings (SSSR count). The Kier molecular flexibility index (Phi) is 2.37. The molecular weight excluding hydrogens is 166 g/mol. The van der Waals surface area contributed by atoms with Gasteiger partial charge in [0.05, 0.1) is 0 Å². The van der Waals surface area contributed by atoms with Crippen LogP contribution in [-0.4, -0.2) is 22.7 Å². The molecule has 1 N–H and O–H groups in total. The molecule has 0 aromatic carbocycles. The Morgan fingerprint density at radius 2 is 2.64 bits per heavy atom. The van der Waals surface area contributed by atoms with E-state index in [0.29, 0.717) is 0 Å². The van der Waals surface area contributed by atoms with Gasteiger partial charge in [-0.3, -0.25) is 9.59 Å². The van der Waals surface area contributed by atoms with Crippen molar-refractivity contribution in [3.05, 3.63) is 15.2 Å². The van der Waals surface area contributed by atoms with Gasteiger partial charge in [-0.1, -0.05) is 11.3 Å². The summed E-state index contributed by atoms with van der Waals surface area (Å²) in [5, 5.41) is 6.06. The third-order valence-electron chi connectivity index (χ3n) is 1.12. The minimum absolute atomic E-state index is 0.00116. The van der Waals surface area contributed by atoms with Crippen molar-refractivity contribution < 1.29 is 4.79 Å². The van der Waals surface area contributed by atoms with Crippen LogP contribution in [-0.2, 0) is 11.3 Å². The van der Waals surface area contributed by atoms with Gasteiger partial charge >= 0.3 is 4.87 Å². The molecule has 0 aliphatic carbocycles. The molecule has 0 aliphatic rings. The van der Waals surface area contributed by atoms with Crippen LogP contribution < -0.4 is 10.2 Å². The number of hydrogen-bond acceptors (Lipinski definition) is 4. The van der Waals surface area contributed by atoms with Crippen molar-refractivity contribution in [1.82, 2.24) is 15.1 Å². The quantitative estimate of drug-likeness (QED) is 0.627. The number of carbonyl (C=O) groups is 1. The predicted molar refractivity (Wildman–Crippen MR) is 40.4 cm³/mol. The van der Waals surface area contributed by atoms with Crippen LogP contribution in [0.2, 0.25) is 0 Å². The zero-order chi connectivity index (χ0) is 8.27. The fourth-order valence-corrected chi connectivity index (χ4v) is 1.04. The van der Waals surface area contributed by atoms with Gasteiger partial charge in [-0.05, 0) is 0 Å². The number of rotatable bonds is 2. The summed E-state index contributed by atoms with van der Waals surface area (Å²) < 4.78 is 1.11. The van der Waals surface area contributed by atoms with E-state index in [9.17, 15) is 9.59 Å². The second-order valence-corrected chi connectivity index (χ2v) is 2.63. The molecule has 1 aromatic heterocycles. The summed E-state index contributed by atoms with van der Waals surface area (Å²) in [6, 6.07) is 0. The summed E-state index contributed by atoms with van der Waals surface area (Å²) in [6.45, 7) is -0.00116. The number of likely N-dealkylation sites (N-methyl/N-ethyl adjacent to an activating group) is 1. The van der Waals surface area contributed by atoms with E-state index in [1.54, 1.807) is 0 Å². The monoisotopic (exact) mass is 173 g/mol. The maximum atomic E-state index is 10.8. The molecule has 1 amide bonds. The van der Waals surface area contributed by atoms with Crippen LogP contribution >= 0.6 is 11.3 Å². The summed E-state index contributed by atoms with van der Waals surface area (Å²) in [5.74, 6) is -0.224. The third kappa shape index (κ3) is 1.87. The SMILES string of the molecule is CNC(=O)Cn1ncsc1=O. The number of nitrogens with one attached hydrogen (secondary N) is 1. The number of nitrogens with zero attached hydrogens (tertiary/aromatic N) is 2. The maximum absolute atomic E-state index is 10.8. The Labute approximate surface area is 66.7 Å². The van der Waals surface area contributed by atoms with Crippen LogP contribution in [0.25, 0.3) is 0 Å². The Hall–Kier alpha value is -1.17. The van der Waals surface area contributed by atoms with Crippen molar-refractivity contribution in [1.29, 1.82) is 0 Å². The highest BCUT2D eigenvalue weighted by Crippen LogP contribution is 1.82. The highest BCUT2D eigenvalue weighted by atomic mass is 32.1. The molecule has 0 saturated carbocycles. The van der Waals surface area contributed by atoms with Gasteiger partial charge in [-0.25, -0.2) is 4.68 Å². The van der Waals surface area contributed by atoms with Crippen LogP contribution in [0.3, 0.4) is 0 Å². The summed E-state index contributed by atoms with van der Waals surface area (Å²) >= 11 is 0.973. The molecule has 1 heterocycles. The van der Waals surface area contributed by atoms with Crippen molar-refractivity contribution >= 4 is 17.2 Å². The van der Waals surface area contributed by atoms with Crippen molar-refractivity contribution in [2.24, 2.45) is 0 Å². The molecule has 0 fully saturated rings. The zero-order valence-electron chi connectivity index (χ0n) is 5.90. The van der Waals surface area contributed by atoms with E-state index in [0.717, 1.165) is 16.0 Å². The second kappa shape index (κ2) is 3.29. The van der Waals surface area contributed by atoms with Gasteiger partial charge < -0.3 is 5.32 Å². The predicted octanol–water partition coefficient (Wildman–Crippen LogP) is -0.949. The van der Waals surface area contributed by atoms with Gasteiger partial charge in [0.25, 0.3) is 0 Å². The smallest absolute Gasteiger partial charge is 0.325 e. The topological polar surface area (TPSA) is 64.0 Å². The zero-order valence-corrected chi connectivity index (χ0v) is 6.72.